The second-order valence-electron chi connectivity index (χ2n) is 6.85. The van der Waals surface area contributed by atoms with Crippen LogP contribution in [0.3, 0.4) is 0 Å². The first kappa shape index (κ1) is 19.3. The van der Waals surface area contributed by atoms with Gasteiger partial charge in [-0.05, 0) is 37.5 Å². The highest BCUT2D eigenvalue weighted by molar-refractivity contribution is 5.92. The van der Waals surface area contributed by atoms with Crippen molar-refractivity contribution in [2.75, 3.05) is 18.5 Å². The van der Waals surface area contributed by atoms with E-state index in [1.54, 1.807) is 12.1 Å². The molecule has 2 unspecified atom stereocenters. The molecule has 3 N–H and O–H groups in total. The van der Waals surface area contributed by atoms with Crippen molar-refractivity contribution >= 4 is 11.7 Å². The molecule has 1 aromatic heterocycles. The Balaban J connectivity index is 1.51. The molecule has 2 atom stereocenters. The molecular formula is C20H26N4O3. The smallest absolute Gasteiger partial charge is 0.272 e. The lowest BCUT2D eigenvalue weighted by molar-refractivity contribution is 0.0693. The molecule has 0 bridgehead atoms. The van der Waals surface area contributed by atoms with Crippen molar-refractivity contribution in [2.45, 2.75) is 44.4 Å². The average molecular weight is 370 g/mol. The van der Waals surface area contributed by atoms with Gasteiger partial charge in [0, 0.05) is 25.7 Å². The molecule has 1 aliphatic heterocycles. The van der Waals surface area contributed by atoms with Crippen LogP contribution < -0.4 is 10.6 Å². The van der Waals surface area contributed by atoms with Crippen molar-refractivity contribution in [3.63, 3.8) is 0 Å². The van der Waals surface area contributed by atoms with Crippen LogP contribution in [0.25, 0.3) is 0 Å². The molecule has 2 heterocycles. The van der Waals surface area contributed by atoms with E-state index in [0.29, 0.717) is 25.5 Å². The van der Waals surface area contributed by atoms with Crippen LogP contribution in [0.1, 0.15) is 35.8 Å². The van der Waals surface area contributed by atoms with Crippen LogP contribution in [0.2, 0.25) is 0 Å². The number of rotatable bonds is 7. The van der Waals surface area contributed by atoms with Gasteiger partial charge in [-0.1, -0.05) is 30.3 Å². The minimum atomic E-state index is -0.564. The van der Waals surface area contributed by atoms with Crippen molar-refractivity contribution in [1.29, 1.82) is 0 Å². The Labute approximate surface area is 159 Å². The lowest BCUT2D eigenvalue weighted by Gasteiger charge is -2.23. The fourth-order valence-electron chi connectivity index (χ4n) is 2.99. The number of aliphatic hydroxyl groups is 1. The molecule has 1 aliphatic rings. The quantitative estimate of drug-likeness (QED) is 0.688. The summed E-state index contributed by atoms with van der Waals surface area (Å²) >= 11 is 0. The average Bonchev–Trinajstić information content (AvgIpc) is 2.70. The van der Waals surface area contributed by atoms with Crippen molar-refractivity contribution < 1.29 is 14.6 Å². The Bertz CT molecular complexity index is 718. The highest BCUT2D eigenvalue weighted by atomic mass is 16.5. The summed E-state index contributed by atoms with van der Waals surface area (Å²) < 4.78 is 5.29. The van der Waals surface area contributed by atoms with E-state index in [1.165, 1.54) is 0 Å². The first-order chi connectivity index (χ1) is 13.1. The van der Waals surface area contributed by atoms with Crippen LogP contribution in [-0.4, -0.2) is 52.6 Å². The summed E-state index contributed by atoms with van der Waals surface area (Å²) in [6.07, 6.45) is 1.62. The van der Waals surface area contributed by atoms with Gasteiger partial charge in [-0.25, -0.2) is 0 Å². The highest BCUT2D eigenvalue weighted by Crippen LogP contribution is 2.11. The fourth-order valence-corrected chi connectivity index (χ4v) is 2.99. The van der Waals surface area contributed by atoms with E-state index in [-0.39, 0.29) is 23.7 Å². The zero-order chi connectivity index (χ0) is 19.1. The summed E-state index contributed by atoms with van der Waals surface area (Å²) in [7, 11) is 0. The van der Waals surface area contributed by atoms with Crippen molar-refractivity contribution in [2.24, 2.45) is 0 Å². The van der Waals surface area contributed by atoms with Gasteiger partial charge < -0.3 is 20.5 Å². The fraction of sp³-hybridized carbons (Fsp3) is 0.450. The summed E-state index contributed by atoms with van der Waals surface area (Å²) in [5, 5.41) is 24.5. The van der Waals surface area contributed by atoms with E-state index >= 15 is 0 Å². The van der Waals surface area contributed by atoms with Gasteiger partial charge in [0.15, 0.2) is 5.69 Å². The second kappa shape index (κ2) is 9.43. The monoisotopic (exact) mass is 370 g/mol. The molecule has 0 aliphatic carbocycles. The lowest BCUT2D eigenvalue weighted by Crippen LogP contribution is -2.39. The van der Waals surface area contributed by atoms with Gasteiger partial charge in [-0.15, -0.1) is 10.2 Å². The zero-order valence-electron chi connectivity index (χ0n) is 15.5. The first-order valence-electron chi connectivity index (χ1n) is 9.32. The topological polar surface area (TPSA) is 96.4 Å². The summed E-state index contributed by atoms with van der Waals surface area (Å²) in [6.45, 7) is 3.23. The normalized spacial score (nSPS) is 17.1. The van der Waals surface area contributed by atoms with Gasteiger partial charge in [-0.2, -0.15) is 0 Å². The Morgan fingerprint density at radius 1 is 1.19 bits per heavy atom. The molecule has 144 valence electrons. The number of ether oxygens (including phenoxy) is 1. The maximum atomic E-state index is 12.2. The van der Waals surface area contributed by atoms with Crippen LogP contribution >= 0.6 is 0 Å². The number of aromatic nitrogens is 2. The van der Waals surface area contributed by atoms with Gasteiger partial charge >= 0.3 is 0 Å². The van der Waals surface area contributed by atoms with Crippen LogP contribution in [0.5, 0.6) is 0 Å². The molecule has 0 spiro atoms. The maximum absolute atomic E-state index is 12.2. The standard InChI is InChI=1S/C20H26N4O3/c1-14(18(25)13-15-5-3-2-4-6-15)21-19-8-7-17(23-24-19)20(26)22-16-9-11-27-12-10-16/h2-8,14,16,18,25H,9-13H2,1H3,(H,21,24)(H,22,26). The van der Waals surface area contributed by atoms with Crippen molar-refractivity contribution in [3.05, 3.63) is 53.7 Å². The first-order valence-corrected chi connectivity index (χ1v) is 9.32. The number of carbonyl (C=O) groups excluding carboxylic acids is 1. The zero-order valence-corrected chi connectivity index (χ0v) is 15.5. The predicted octanol–water partition coefficient (Wildman–Crippen LogP) is 1.79. The lowest BCUT2D eigenvalue weighted by atomic mass is 10.0. The number of nitrogens with one attached hydrogen (secondary N) is 2. The summed E-state index contributed by atoms with van der Waals surface area (Å²) in [5.74, 6) is 0.301. The van der Waals surface area contributed by atoms with Gasteiger partial charge in [0.05, 0.1) is 12.1 Å². The second-order valence-corrected chi connectivity index (χ2v) is 6.85. The Hall–Kier alpha value is -2.51. The van der Waals surface area contributed by atoms with E-state index in [2.05, 4.69) is 20.8 Å². The van der Waals surface area contributed by atoms with E-state index in [1.807, 2.05) is 37.3 Å². The van der Waals surface area contributed by atoms with E-state index < -0.39 is 6.10 Å². The van der Waals surface area contributed by atoms with Crippen LogP contribution in [-0.2, 0) is 11.2 Å². The minimum absolute atomic E-state index is 0.124. The number of aliphatic hydroxyl groups excluding tert-OH is 1. The van der Waals surface area contributed by atoms with Gasteiger partial charge in [0.25, 0.3) is 5.91 Å². The van der Waals surface area contributed by atoms with Crippen molar-refractivity contribution in [3.8, 4) is 0 Å². The SMILES string of the molecule is CC(Nc1ccc(C(=O)NC2CCOCC2)nn1)C(O)Cc1ccccc1. The van der Waals surface area contributed by atoms with Gasteiger partial charge in [0.1, 0.15) is 5.82 Å². The molecule has 7 nitrogen and oxygen atoms in total. The molecule has 2 aromatic rings. The number of carbonyl (C=O) groups is 1. The Morgan fingerprint density at radius 3 is 2.59 bits per heavy atom. The third-order valence-electron chi connectivity index (χ3n) is 4.69. The molecular weight excluding hydrogens is 344 g/mol. The molecule has 1 saturated heterocycles. The number of anilines is 1. The molecule has 1 fully saturated rings. The molecule has 1 amide bonds. The number of hydrogen-bond acceptors (Lipinski definition) is 6. The van der Waals surface area contributed by atoms with E-state index in [0.717, 1.165) is 18.4 Å². The molecule has 0 radical (unpaired) electrons. The number of hydrogen-bond donors (Lipinski definition) is 3. The largest absolute Gasteiger partial charge is 0.391 e. The molecule has 1 aromatic carbocycles. The molecule has 0 saturated carbocycles. The summed E-state index contributed by atoms with van der Waals surface area (Å²) in [5.41, 5.74) is 1.36. The number of benzene rings is 1. The predicted molar refractivity (Wildman–Crippen MR) is 103 cm³/mol. The number of nitrogens with zero attached hydrogens (tertiary/aromatic N) is 2. The maximum Gasteiger partial charge on any atom is 0.272 e. The van der Waals surface area contributed by atoms with Crippen LogP contribution in [0, 0.1) is 0 Å². The van der Waals surface area contributed by atoms with E-state index in [9.17, 15) is 9.90 Å². The molecule has 27 heavy (non-hydrogen) atoms. The molecule has 3 rings (SSSR count). The van der Waals surface area contributed by atoms with Crippen LogP contribution in [0.15, 0.2) is 42.5 Å². The van der Waals surface area contributed by atoms with Gasteiger partial charge in [0.2, 0.25) is 0 Å². The Kier molecular flexibility index (Phi) is 6.73. The molecule has 7 heteroatoms. The highest BCUT2D eigenvalue weighted by Gasteiger charge is 2.19. The number of amides is 1. The third-order valence-corrected chi connectivity index (χ3v) is 4.69. The minimum Gasteiger partial charge on any atom is -0.391 e. The van der Waals surface area contributed by atoms with Gasteiger partial charge in [-0.3, -0.25) is 4.79 Å². The summed E-state index contributed by atoms with van der Waals surface area (Å²) in [4.78, 5) is 12.2. The summed E-state index contributed by atoms with van der Waals surface area (Å²) in [6, 6.07) is 13.1. The Morgan fingerprint density at radius 2 is 1.93 bits per heavy atom. The van der Waals surface area contributed by atoms with E-state index in [4.69, 9.17) is 4.74 Å². The van der Waals surface area contributed by atoms with Crippen LogP contribution in [0.4, 0.5) is 5.82 Å². The third kappa shape index (κ3) is 5.74. The van der Waals surface area contributed by atoms with Crippen molar-refractivity contribution in [1.82, 2.24) is 15.5 Å².